The van der Waals surface area contributed by atoms with E-state index in [4.69, 9.17) is 14.4 Å². The molecule has 0 amide bonds. The molecule has 1 unspecified atom stereocenters. The Hall–Kier alpha value is -0.170. The summed E-state index contributed by atoms with van der Waals surface area (Å²) in [6.07, 6.45) is 13.4. The fraction of sp³-hybridized carbons (Fsp3) is 1.00. The largest absolute Gasteiger partial charge is 0.394 e. The number of aliphatic hydroxyl groups excluding tert-OH is 2. The lowest BCUT2D eigenvalue weighted by Gasteiger charge is -2.08. The van der Waals surface area contributed by atoms with Crippen LogP contribution in [-0.2, 0) is 14.3 Å². The molecule has 0 aliphatic carbocycles. The monoisotopic (exact) mass is 352 g/mol. The van der Waals surface area contributed by atoms with E-state index in [1.807, 2.05) is 0 Å². The summed E-state index contributed by atoms with van der Waals surface area (Å²) >= 11 is 0. The van der Waals surface area contributed by atoms with Gasteiger partial charge in [0.25, 0.3) is 10.1 Å². The van der Waals surface area contributed by atoms with Crippen molar-refractivity contribution in [2.45, 2.75) is 90.1 Å². The van der Waals surface area contributed by atoms with Gasteiger partial charge in [-0.15, -0.1) is 0 Å². The Morgan fingerprint density at radius 1 is 0.826 bits per heavy atom. The van der Waals surface area contributed by atoms with Crippen molar-refractivity contribution in [2.75, 3.05) is 19.0 Å². The second-order valence-corrected chi connectivity index (χ2v) is 7.96. The first-order chi connectivity index (χ1) is 11.0. The predicted molar refractivity (Wildman–Crippen MR) is 93.9 cm³/mol. The van der Waals surface area contributed by atoms with Gasteiger partial charge in [-0.3, -0.25) is 4.18 Å². The average Bonchev–Trinajstić information content (AvgIpc) is 2.51. The average molecular weight is 353 g/mol. The first-order valence-corrected chi connectivity index (χ1v) is 10.8. The molecule has 0 aliphatic heterocycles. The van der Waals surface area contributed by atoms with Gasteiger partial charge in [-0.05, 0) is 6.42 Å². The predicted octanol–water partition coefficient (Wildman–Crippen LogP) is 3.39. The van der Waals surface area contributed by atoms with Crippen molar-refractivity contribution < 1.29 is 22.8 Å². The molecule has 0 radical (unpaired) electrons. The van der Waals surface area contributed by atoms with Gasteiger partial charge >= 0.3 is 0 Å². The van der Waals surface area contributed by atoms with E-state index in [1.165, 1.54) is 57.8 Å². The molecule has 0 saturated heterocycles. The summed E-state index contributed by atoms with van der Waals surface area (Å²) in [4.78, 5) is 0. The highest BCUT2D eigenvalue weighted by Gasteiger charge is 2.16. The van der Waals surface area contributed by atoms with Gasteiger partial charge in [0, 0.05) is 0 Å². The zero-order valence-corrected chi connectivity index (χ0v) is 15.5. The number of hydrogen-bond donors (Lipinski definition) is 2. The minimum atomic E-state index is -3.72. The van der Waals surface area contributed by atoms with Gasteiger partial charge < -0.3 is 10.2 Å². The molecular weight excluding hydrogens is 316 g/mol. The Morgan fingerprint density at radius 3 is 1.70 bits per heavy atom. The third-order valence-electron chi connectivity index (χ3n) is 3.87. The summed E-state index contributed by atoms with van der Waals surface area (Å²) in [5.74, 6) is -0.540. The summed E-state index contributed by atoms with van der Waals surface area (Å²) in [5.41, 5.74) is 0. The first kappa shape index (κ1) is 22.8. The van der Waals surface area contributed by atoms with Gasteiger partial charge in [0.05, 0.1) is 19.3 Å². The van der Waals surface area contributed by atoms with Crippen molar-refractivity contribution in [2.24, 2.45) is 0 Å². The van der Waals surface area contributed by atoms with Crippen LogP contribution in [0, 0.1) is 0 Å². The van der Waals surface area contributed by atoms with Gasteiger partial charge in [0.1, 0.15) is 5.75 Å². The maximum atomic E-state index is 11.4. The van der Waals surface area contributed by atoms with Crippen LogP contribution in [0.4, 0.5) is 0 Å². The van der Waals surface area contributed by atoms with Gasteiger partial charge in [-0.1, -0.05) is 77.6 Å². The molecule has 0 aromatic heterocycles. The summed E-state index contributed by atoms with van der Waals surface area (Å²) in [6.45, 7) is 1.83. The van der Waals surface area contributed by atoms with Crippen molar-refractivity contribution in [1.29, 1.82) is 0 Å². The molecule has 0 bridgehead atoms. The Balaban J connectivity index is 3.30. The standard InChI is InChI=1S/C17H36O5S/c1-2-3-4-5-6-7-8-9-10-11-12-13-14-22-23(20,21)16-17(19)15-18/h17-19H,2-16H2,1H3. The number of rotatable bonds is 17. The molecule has 0 aromatic carbocycles. The molecule has 2 N–H and O–H groups in total. The molecule has 0 saturated carbocycles. The maximum absolute atomic E-state index is 11.4. The minimum Gasteiger partial charge on any atom is -0.394 e. The fourth-order valence-corrected chi connectivity index (χ4v) is 3.51. The van der Waals surface area contributed by atoms with E-state index in [2.05, 4.69) is 6.92 Å². The highest BCUT2D eigenvalue weighted by Crippen LogP contribution is 2.12. The van der Waals surface area contributed by atoms with E-state index in [9.17, 15) is 8.42 Å². The Morgan fingerprint density at radius 2 is 1.26 bits per heavy atom. The number of hydrogen-bond acceptors (Lipinski definition) is 5. The molecule has 23 heavy (non-hydrogen) atoms. The second kappa shape index (κ2) is 15.4. The second-order valence-electron chi connectivity index (χ2n) is 6.27. The maximum Gasteiger partial charge on any atom is 0.269 e. The molecule has 0 spiro atoms. The fourth-order valence-electron chi connectivity index (χ4n) is 2.47. The molecular formula is C17H36O5S. The third-order valence-corrected chi connectivity index (χ3v) is 5.19. The Labute approximate surface area is 142 Å². The molecule has 0 aliphatic rings. The molecule has 6 heteroatoms. The number of aliphatic hydroxyl groups is 2. The number of unbranched alkanes of at least 4 members (excludes halogenated alkanes) is 11. The third kappa shape index (κ3) is 16.5. The lowest BCUT2D eigenvalue weighted by Crippen LogP contribution is -2.25. The molecule has 0 fully saturated rings. The first-order valence-electron chi connectivity index (χ1n) is 9.18. The van der Waals surface area contributed by atoms with E-state index in [1.54, 1.807) is 0 Å². The van der Waals surface area contributed by atoms with E-state index < -0.39 is 28.6 Å². The van der Waals surface area contributed by atoms with Crippen LogP contribution >= 0.6 is 0 Å². The van der Waals surface area contributed by atoms with Crippen molar-refractivity contribution in [3.63, 3.8) is 0 Å². The summed E-state index contributed by atoms with van der Waals surface area (Å²) in [6, 6.07) is 0. The van der Waals surface area contributed by atoms with E-state index in [0.717, 1.165) is 12.8 Å². The highest BCUT2D eigenvalue weighted by atomic mass is 32.2. The van der Waals surface area contributed by atoms with Crippen molar-refractivity contribution in [3.05, 3.63) is 0 Å². The van der Waals surface area contributed by atoms with Crippen molar-refractivity contribution in [1.82, 2.24) is 0 Å². The van der Waals surface area contributed by atoms with Gasteiger partial charge in [-0.25, -0.2) is 0 Å². The van der Waals surface area contributed by atoms with Crippen LogP contribution in [0.15, 0.2) is 0 Å². The lowest BCUT2D eigenvalue weighted by atomic mass is 10.1. The zero-order valence-electron chi connectivity index (χ0n) is 14.7. The highest BCUT2D eigenvalue weighted by molar-refractivity contribution is 7.86. The zero-order chi connectivity index (χ0) is 17.4. The molecule has 0 aromatic rings. The lowest BCUT2D eigenvalue weighted by molar-refractivity contribution is 0.109. The van der Waals surface area contributed by atoms with E-state index in [0.29, 0.717) is 6.42 Å². The molecule has 140 valence electrons. The normalized spacial score (nSPS) is 13.3. The molecule has 5 nitrogen and oxygen atoms in total. The summed E-state index contributed by atoms with van der Waals surface area (Å²) < 4.78 is 27.6. The van der Waals surface area contributed by atoms with Crippen molar-refractivity contribution >= 4 is 10.1 Å². The van der Waals surface area contributed by atoms with Crippen LogP contribution in [0.25, 0.3) is 0 Å². The van der Waals surface area contributed by atoms with Crippen LogP contribution in [0.1, 0.15) is 84.0 Å². The van der Waals surface area contributed by atoms with E-state index >= 15 is 0 Å². The SMILES string of the molecule is CCCCCCCCCCCCCCOS(=O)(=O)CC(O)CO. The van der Waals surface area contributed by atoms with Gasteiger partial charge in [-0.2, -0.15) is 8.42 Å². The minimum absolute atomic E-state index is 0.165. The smallest absolute Gasteiger partial charge is 0.269 e. The molecule has 1 atom stereocenters. The topological polar surface area (TPSA) is 83.8 Å². The van der Waals surface area contributed by atoms with E-state index in [-0.39, 0.29) is 6.61 Å². The molecule has 0 rings (SSSR count). The van der Waals surface area contributed by atoms with Crippen molar-refractivity contribution in [3.8, 4) is 0 Å². The Kier molecular flexibility index (Phi) is 15.2. The van der Waals surface area contributed by atoms with Gasteiger partial charge in [0.15, 0.2) is 0 Å². The quantitative estimate of drug-likeness (QED) is 0.310. The van der Waals surface area contributed by atoms with Crippen LogP contribution < -0.4 is 0 Å². The molecule has 0 heterocycles. The van der Waals surface area contributed by atoms with Crippen LogP contribution in [0.5, 0.6) is 0 Å². The van der Waals surface area contributed by atoms with Crippen LogP contribution in [0.2, 0.25) is 0 Å². The Bertz CT molecular complexity index is 343. The summed E-state index contributed by atoms with van der Waals surface area (Å²) in [7, 11) is -3.72. The van der Waals surface area contributed by atoms with Gasteiger partial charge in [0.2, 0.25) is 0 Å². The summed E-state index contributed by atoms with van der Waals surface area (Å²) in [5, 5.41) is 17.7. The van der Waals surface area contributed by atoms with Crippen LogP contribution in [0.3, 0.4) is 0 Å². The van der Waals surface area contributed by atoms with Crippen LogP contribution in [-0.4, -0.2) is 43.7 Å².